The number of ether oxygens (including phenoxy) is 1. The molecule has 0 saturated heterocycles. The Labute approximate surface area is 178 Å². The van der Waals surface area contributed by atoms with Crippen LogP contribution in [-0.2, 0) is 17.8 Å². The number of amides is 1. The van der Waals surface area contributed by atoms with Crippen LogP contribution in [-0.4, -0.2) is 27.8 Å². The second-order valence-electron chi connectivity index (χ2n) is 6.54. The van der Waals surface area contributed by atoms with E-state index in [-0.39, 0.29) is 12.3 Å². The molecule has 0 aliphatic rings. The number of nitrogens with one attached hydrogen (secondary N) is 1. The molecule has 0 aliphatic carbocycles. The summed E-state index contributed by atoms with van der Waals surface area (Å²) in [6, 6.07) is 18.1. The molecule has 0 spiro atoms. The third kappa shape index (κ3) is 4.36. The van der Waals surface area contributed by atoms with E-state index < -0.39 is 0 Å². The molecule has 8 heteroatoms. The van der Waals surface area contributed by atoms with Crippen molar-refractivity contribution in [2.24, 2.45) is 0 Å². The van der Waals surface area contributed by atoms with Crippen molar-refractivity contribution in [3.05, 3.63) is 83.5 Å². The van der Waals surface area contributed by atoms with Gasteiger partial charge in [0.05, 0.1) is 31.9 Å². The Balaban J connectivity index is 1.64. The molecule has 1 amide bonds. The van der Waals surface area contributed by atoms with E-state index in [0.717, 1.165) is 11.3 Å². The second kappa shape index (κ2) is 8.84. The molecule has 1 N–H and O–H groups in total. The van der Waals surface area contributed by atoms with Crippen LogP contribution in [0.15, 0.2) is 71.3 Å². The molecule has 152 valence electrons. The molecule has 4 rings (SSSR count). The van der Waals surface area contributed by atoms with E-state index in [1.807, 2.05) is 41.0 Å². The lowest BCUT2D eigenvalue weighted by Gasteiger charge is -2.12. The van der Waals surface area contributed by atoms with Crippen molar-refractivity contribution in [1.82, 2.24) is 14.8 Å². The molecule has 0 saturated carbocycles. The number of para-hydroxylation sites is 1. The zero-order chi connectivity index (χ0) is 20.9. The summed E-state index contributed by atoms with van der Waals surface area (Å²) in [5.41, 5.74) is 1.44. The van der Waals surface area contributed by atoms with Crippen LogP contribution < -0.4 is 10.1 Å². The molecule has 30 heavy (non-hydrogen) atoms. The van der Waals surface area contributed by atoms with Crippen LogP contribution in [0.4, 0.5) is 5.69 Å². The van der Waals surface area contributed by atoms with E-state index in [1.165, 1.54) is 0 Å². The number of benzene rings is 2. The van der Waals surface area contributed by atoms with E-state index >= 15 is 0 Å². The quantitative estimate of drug-likeness (QED) is 0.476. The Kier molecular flexibility index (Phi) is 5.81. The number of carbonyl (C=O) groups excluding carboxylic acids is 1. The number of rotatable bonds is 7. The summed E-state index contributed by atoms with van der Waals surface area (Å²) >= 11 is 5.90. The summed E-state index contributed by atoms with van der Waals surface area (Å²) in [7, 11) is 1.60. The standard InChI is InChI=1S/C22H19ClN4O3/c1-29-19-7-3-2-6-18(19)22-26-25-20(27(22)14-17-5-4-12-30-17)13-21(28)24-16-10-8-15(23)9-11-16/h2-12H,13-14H2,1H3,(H,24,28). The van der Waals surface area contributed by atoms with Gasteiger partial charge < -0.3 is 19.0 Å². The molecule has 4 aromatic rings. The number of hydrogen-bond acceptors (Lipinski definition) is 5. The first kappa shape index (κ1) is 19.7. The Morgan fingerprint density at radius 3 is 2.63 bits per heavy atom. The fraction of sp³-hybridized carbons (Fsp3) is 0.136. The normalized spacial score (nSPS) is 10.7. The minimum Gasteiger partial charge on any atom is -0.496 e. The molecule has 2 heterocycles. The van der Waals surface area contributed by atoms with Gasteiger partial charge in [-0.2, -0.15) is 0 Å². The number of aromatic nitrogens is 3. The lowest BCUT2D eigenvalue weighted by Crippen LogP contribution is -2.18. The molecule has 0 aliphatic heterocycles. The summed E-state index contributed by atoms with van der Waals surface area (Å²) in [6.07, 6.45) is 1.65. The minimum atomic E-state index is -0.211. The van der Waals surface area contributed by atoms with E-state index in [9.17, 15) is 4.79 Å². The van der Waals surface area contributed by atoms with Crippen LogP contribution in [0.3, 0.4) is 0 Å². The summed E-state index contributed by atoms with van der Waals surface area (Å²) in [5.74, 6) is 2.29. The molecule has 0 radical (unpaired) electrons. The van der Waals surface area contributed by atoms with Gasteiger partial charge in [0.25, 0.3) is 0 Å². The van der Waals surface area contributed by atoms with Gasteiger partial charge in [-0.25, -0.2) is 0 Å². The van der Waals surface area contributed by atoms with E-state index in [4.69, 9.17) is 20.8 Å². The van der Waals surface area contributed by atoms with E-state index in [2.05, 4.69) is 15.5 Å². The summed E-state index contributed by atoms with van der Waals surface area (Å²) in [4.78, 5) is 12.6. The number of nitrogens with zero attached hydrogens (tertiary/aromatic N) is 3. The maximum atomic E-state index is 12.6. The number of furan rings is 1. The highest BCUT2D eigenvalue weighted by Gasteiger charge is 2.20. The fourth-order valence-corrected chi connectivity index (χ4v) is 3.23. The van der Waals surface area contributed by atoms with Gasteiger partial charge in [0.1, 0.15) is 17.3 Å². The van der Waals surface area contributed by atoms with Gasteiger partial charge in [0.2, 0.25) is 5.91 Å². The Morgan fingerprint density at radius 1 is 1.10 bits per heavy atom. The summed E-state index contributed by atoms with van der Waals surface area (Å²) in [6.45, 7) is 0.386. The van der Waals surface area contributed by atoms with Crippen molar-refractivity contribution < 1.29 is 13.9 Å². The first-order valence-corrected chi connectivity index (χ1v) is 9.65. The molecular formula is C22H19ClN4O3. The second-order valence-corrected chi connectivity index (χ2v) is 6.97. The number of hydrogen-bond donors (Lipinski definition) is 1. The fourth-order valence-electron chi connectivity index (χ4n) is 3.10. The lowest BCUT2D eigenvalue weighted by molar-refractivity contribution is -0.115. The first-order chi connectivity index (χ1) is 14.6. The third-order valence-corrected chi connectivity index (χ3v) is 4.77. The number of halogens is 1. The Hall–Kier alpha value is -3.58. The lowest BCUT2D eigenvalue weighted by atomic mass is 10.2. The highest BCUT2D eigenvalue weighted by atomic mass is 35.5. The van der Waals surface area contributed by atoms with E-state index in [0.29, 0.717) is 34.7 Å². The zero-order valence-corrected chi connectivity index (χ0v) is 17.0. The number of anilines is 1. The van der Waals surface area contributed by atoms with Crippen molar-refractivity contribution in [1.29, 1.82) is 0 Å². The van der Waals surface area contributed by atoms with Crippen LogP contribution in [0.25, 0.3) is 11.4 Å². The van der Waals surface area contributed by atoms with Gasteiger partial charge in [-0.15, -0.1) is 10.2 Å². The highest BCUT2D eigenvalue weighted by Crippen LogP contribution is 2.29. The Bertz CT molecular complexity index is 1140. The molecule has 0 bridgehead atoms. The summed E-state index contributed by atoms with van der Waals surface area (Å²) < 4.78 is 12.8. The molecule has 7 nitrogen and oxygen atoms in total. The van der Waals surface area contributed by atoms with Gasteiger partial charge in [-0.3, -0.25) is 4.79 Å². The SMILES string of the molecule is COc1ccccc1-c1nnc(CC(=O)Nc2ccc(Cl)cc2)n1Cc1ccco1. The maximum absolute atomic E-state index is 12.6. The molecule has 2 aromatic carbocycles. The predicted octanol–water partition coefficient (Wildman–Crippen LogP) is 4.43. The van der Waals surface area contributed by atoms with Crippen LogP contribution in [0.1, 0.15) is 11.6 Å². The third-order valence-electron chi connectivity index (χ3n) is 4.52. The van der Waals surface area contributed by atoms with Crippen LogP contribution >= 0.6 is 11.6 Å². The first-order valence-electron chi connectivity index (χ1n) is 9.27. The molecule has 0 atom stereocenters. The largest absolute Gasteiger partial charge is 0.496 e. The van der Waals surface area contributed by atoms with Crippen molar-refractivity contribution in [2.45, 2.75) is 13.0 Å². The van der Waals surface area contributed by atoms with Crippen LogP contribution in [0.5, 0.6) is 5.75 Å². The zero-order valence-electron chi connectivity index (χ0n) is 16.2. The predicted molar refractivity (Wildman–Crippen MR) is 114 cm³/mol. The van der Waals surface area contributed by atoms with Crippen molar-refractivity contribution in [2.75, 3.05) is 12.4 Å². The van der Waals surface area contributed by atoms with Gasteiger partial charge in [0, 0.05) is 10.7 Å². The molecule has 2 aromatic heterocycles. The average molecular weight is 423 g/mol. The number of methoxy groups -OCH3 is 1. The topological polar surface area (TPSA) is 82.2 Å². The summed E-state index contributed by atoms with van der Waals surface area (Å²) in [5, 5.41) is 12.1. The molecule has 0 fully saturated rings. The Morgan fingerprint density at radius 2 is 1.90 bits per heavy atom. The van der Waals surface area contributed by atoms with Crippen molar-refractivity contribution in [3.8, 4) is 17.1 Å². The molecule has 0 unspecified atom stereocenters. The van der Waals surface area contributed by atoms with Crippen molar-refractivity contribution in [3.63, 3.8) is 0 Å². The van der Waals surface area contributed by atoms with Gasteiger partial charge in [-0.05, 0) is 48.5 Å². The minimum absolute atomic E-state index is 0.0471. The number of carbonyl (C=O) groups is 1. The maximum Gasteiger partial charge on any atom is 0.232 e. The molecular weight excluding hydrogens is 404 g/mol. The highest BCUT2D eigenvalue weighted by molar-refractivity contribution is 6.30. The van der Waals surface area contributed by atoms with Crippen LogP contribution in [0.2, 0.25) is 5.02 Å². The monoisotopic (exact) mass is 422 g/mol. The van der Waals surface area contributed by atoms with E-state index in [1.54, 1.807) is 37.6 Å². The van der Waals surface area contributed by atoms with Gasteiger partial charge >= 0.3 is 0 Å². The average Bonchev–Trinajstić information content (AvgIpc) is 3.40. The van der Waals surface area contributed by atoms with Gasteiger partial charge in [-0.1, -0.05) is 23.7 Å². The van der Waals surface area contributed by atoms with Gasteiger partial charge in [0.15, 0.2) is 5.82 Å². The van der Waals surface area contributed by atoms with Crippen molar-refractivity contribution >= 4 is 23.2 Å². The van der Waals surface area contributed by atoms with Crippen LogP contribution in [0, 0.1) is 0 Å². The smallest absolute Gasteiger partial charge is 0.232 e.